The van der Waals surface area contributed by atoms with Gasteiger partial charge in [-0.2, -0.15) is 4.31 Å². The molecule has 6 nitrogen and oxygen atoms in total. The predicted octanol–water partition coefficient (Wildman–Crippen LogP) is 2.36. The Kier molecular flexibility index (Phi) is 7.82. The molecule has 0 radical (unpaired) electrons. The Bertz CT molecular complexity index is 710. The summed E-state index contributed by atoms with van der Waals surface area (Å²) in [5.74, 6) is 1.04. The van der Waals surface area contributed by atoms with E-state index in [1.165, 1.54) is 4.31 Å². The van der Waals surface area contributed by atoms with Gasteiger partial charge in [0.1, 0.15) is 0 Å². The maximum absolute atomic E-state index is 12.5. The van der Waals surface area contributed by atoms with Gasteiger partial charge >= 0.3 is 0 Å². The molecular formula is C20H33N3O3S. The molecule has 1 aromatic carbocycles. The fraction of sp³-hybridized carbons (Fsp3) is 0.650. The average molecular weight is 396 g/mol. The quantitative estimate of drug-likeness (QED) is 0.708. The van der Waals surface area contributed by atoms with Crippen molar-refractivity contribution in [2.45, 2.75) is 57.5 Å². The first-order chi connectivity index (χ1) is 12.7. The van der Waals surface area contributed by atoms with Crippen molar-refractivity contribution >= 4 is 15.9 Å². The lowest BCUT2D eigenvalue weighted by atomic mass is 9.84. The minimum Gasteiger partial charge on any atom is -0.352 e. The van der Waals surface area contributed by atoms with Crippen LogP contribution in [0.2, 0.25) is 0 Å². The summed E-state index contributed by atoms with van der Waals surface area (Å²) in [5, 5.41) is 6.30. The summed E-state index contributed by atoms with van der Waals surface area (Å²) in [7, 11) is -1.89. The third kappa shape index (κ3) is 6.02. The van der Waals surface area contributed by atoms with Crippen molar-refractivity contribution in [3.63, 3.8) is 0 Å². The molecule has 0 spiro atoms. The van der Waals surface area contributed by atoms with Gasteiger partial charge < -0.3 is 10.6 Å². The molecule has 0 aromatic heterocycles. The normalized spacial score (nSPS) is 17.3. The molecule has 2 rings (SSSR count). The van der Waals surface area contributed by atoms with Gasteiger partial charge in [0.15, 0.2) is 0 Å². The number of piperidine rings is 1. The van der Waals surface area contributed by atoms with Crippen LogP contribution in [0.15, 0.2) is 29.2 Å². The van der Waals surface area contributed by atoms with Crippen molar-refractivity contribution in [1.82, 2.24) is 14.9 Å². The van der Waals surface area contributed by atoms with Crippen LogP contribution in [0.25, 0.3) is 0 Å². The lowest BCUT2D eigenvalue weighted by Crippen LogP contribution is -2.33. The van der Waals surface area contributed by atoms with Crippen LogP contribution < -0.4 is 10.6 Å². The zero-order valence-electron chi connectivity index (χ0n) is 16.9. The number of carbonyl (C=O) groups excluding carboxylic acids is 1. The Morgan fingerprint density at radius 3 is 2.33 bits per heavy atom. The van der Waals surface area contributed by atoms with E-state index in [4.69, 9.17) is 0 Å². The number of nitrogens with zero attached hydrogens (tertiary/aromatic N) is 1. The molecule has 0 saturated carbocycles. The second-order valence-electron chi connectivity index (χ2n) is 7.80. The Hall–Kier alpha value is -1.44. The smallest absolute Gasteiger partial charge is 0.243 e. The summed E-state index contributed by atoms with van der Waals surface area (Å²) in [6.07, 6.45) is 2.81. The van der Waals surface area contributed by atoms with E-state index >= 15 is 0 Å². The second kappa shape index (κ2) is 9.66. The van der Waals surface area contributed by atoms with Gasteiger partial charge in [-0.25, -0.2) is 8.42 Å². The molecule has 27 heavy (non-hydrogen) atoms. The third-order valence-electron chi connectivity index (χ3n) is 5.51. The Morgan fingerprint density at radius 2 is 1.78 bits per heavy atom. The number of sulfonamides is 1. The standard InChI is InChI=1S/C20H33N3O3S/c1-15(2)23(4)27(25,26)19-7-5-17(6-8-19)14-22-20(24)13-16(3)18-9-11-21-12-10-18/h5-8,15-16,18,21H,9-14H2,1-4H3,(H,22,24). The van der Waals surface area contributed by atoms with Gasteiger partial charge in [-0.05, 0) is 69.3 Å². The van der Waals surface area contributed by atoms with E-state index in [9.17, 15) is 13.2 Å². The zero-order valence-corrected chi connectivity index (χ0v) is 17.7. The topological polar surface area (TPSA) is 78.5 Å². The highest BCUT2D eigenvalue weighted by Crippen LogP contribution is 2.24. The van der Waals surface area contributed by atoms with Gasteiger partial charge in [-0.3, -0.25) is 4.79 Å². The first-order valence-corrected chi connectivity index (χ1v) is 11.2. The minimum absolute atomic E-state index is 0.0530. The lowest BCUT2D eigenvalue weighted by Gasteiger charge is -2.27. The van der Waals surface area contributed by atoms with Crippen LogP contribution in [-0.4, -0.2) is 44.8 Å². The lowest BCUT2D eigenvalue weighted by molar-refractivity contribution is -0.122. The molecule has 1 saturated heterocycles. The first kappa shape index (κ1) is 21.9. The summed E-state index contributed by atoms with van der Waals surface area (Å²) >= 11 is 0. The monoisotopic (exact) mass is 395 g/mol. The summed E-state index contributed by atoms with van der Waals surface area (Å²) in [6.45, 7) is 8.33. The molecule has 1 amide bonds. The van der Waals surface area contributed by atoms with E-state index in [0.717, 1.165) is 31.5 Å². The number of rotatable bonds is 8. The maximum Gasteiger partial charge on any atom is 0.243 e. The summed E-state index contributed by atoms with van der Waals surface area (Å²) in [6, 6.07) is 6.63. The molecule has 1 unspecified atom stereocenters. The largest absolute Gasteiger partial charge is 0.352 e. The SMILES string of the molecule is CC(CC(=O)NCc1ccc(S(=O)(=O)N(C)C(C)C)cc1)C1CCNCC1. The fourth-order valence-corrected chi connectivity index (χ4v) is 4.74. The molecule has 0 bridgehead atoms. The van der Waals surface area contributed by atoms with E-state index < -0.39 is 10.0 Å². The Morgan fingerprint density at radius 1 is 1.19 bits per heavy atom. The highest BCUT2D eigenvalue weighted by Gasteiger charge is 2.23. The van der Waals surface area contributed by atoms with Crippen LogP contribution in [0.3, 0.4) is 0 Å². The van der Waals surface area contributed by atoms with Crippen molar-refractivity contribution in [3.8, 4) is 0 Å². The molecule has 1 atom stereocenters. The molecule has 2 N–H and O–H groups in total. The van der Waals surface area contributed by atoms with Crippen LogP contribution in [-0.2, 0) is 21.4 Å². The average Bonchev–Trinajstić information content (AvgIpc) is 2.66. The van der Waals surface area contributed by atoms with Crippen LogP contribution in [0.1, 0.15) is 45.6 Å². The Balaban J connectivity index is 1.86. The number of hydrogen-bond donors (Lipinski definition) is 2. The highest BCUT2D eigenvalue weighted by molar-refractivity contribution is 7.89. The number of nitrogens with one attached hydrogen (secondary N) is 2. The van der Waals surface area contributed by atoms with Crippen molar-refractivity contribution in [2.75, 3.05) is 20.1 Å². The third-order valence-corrected chi connectivity index (χ3v) is 7.56. The van der Waals surface area contributed by atoms with Gasteiger partial charge in [0.2, 0.25) is 15.9 Å². The summed E-state index contributed by atoms with van der Waals surface area (Å²) in [5.41, 5.74) is 0.893. The zero-order chi connectivity index (χ0) is 20.0. The van der Waals surface area contributed by atoms with Crippen molar-refractivity contribution in [2.24, 2.45) is 11.8 Å². The molecule has 1 aliphatic rings. The van der Waals surface area contributed by atoms with Crippen LogP contribution >= 0.6 is 0 Å². The number of carbonyl (C=O) groups is 1. The summed E-state index contributed by atoms with van der Waals surface area (Å²) < 4.78 is 26.3. The summed E-state index contributed by atoms with van der Waals surface area (Å²) in [4.78, 5) is 12.5. The van der Waals surface area contributed by atoms with E-state index in [1.54, 1.807) is 31.3 Å². The van der Waals surface area contributed by atoms with Gasteiger partial charge in [0.25, 0.3) is 0 Å². The minimum atomic E-state index is -3.47. The first-order valence-electron chi connectivity index (χ1n) is 9.76. The van der Waals surface area contributed by atoms with E-state index in [-0.39, 0.29) is 16.8 Å². The van der Waals surface area contributed by atoms with Gasteiger partial charge in [0, 0.05) is 26.1 Å². The van der Waals surface area contributed by atoms with E-state index in [1.807, 2.05) is 13.8 Å². The van der Waals surface area contributed by atoms with Crippen molar-refractivity contribution in [1.29, 1.82) is 0 Å². The second-order valence-corrected chi connectivity index (χ2v) is 9.80. The molecule has 1 aliphatic heterocycles. The van der Waals surface area contributed by atoms with E-state index in [0.29, 0.717) is 24.8 Å². The van der Waals surface area contributed by atoms with Gasteiger partial charge in [-0.15, -0.1) is 0 Å². The van der Waals surface area contributed by atoms with Crippen LogP contribution in [0, 0.1) is 11.8 Å². The van der Waals surface area contributed by atoms with Gasteiger partial charge in [-0.1, -0.05) is 19.1 Å². The molecule has 0 aliphatic carbocycles. The number of amides is 1. The van der Waals surface area contributed by atoms with Crippen molar-refractivity contribution in [3.05, 3.63) is 29.8 Å². The van der Waals surface area contributed by atoms with Crippen molar-refractivity contribution < 1.29 is 13.2 Å². The van der Waals surface area contributed by atoms with Crippen LogP contribution in [0.4, 0.5) is 0 Å². The number of benzene rings is 1. The molecule has 1 aromatic rings. The van der Waals surface area contributed by atoms with Gasteiger partial charge in [0.05, 0.1) is 4.90 Å². The molecule has 1 heterocycles. The maximum atomic E-state index is 12.5. The molecule has 7 heteroatoms. The Labute approximate surface area is 163 Å². The fourth-order valence-electron chi connectivity index (χ4n) is 3.37. The predicted molar refractivity (Wildman–Crippen MR) is 108 cm³/mol. The molecular weight excluding hydrogens is 362 g/mol. The molecule has 152 valence electrons. The number of hydrogen-bond acceptors (Lipinski definition) is 4. The molecule has 1 fully saturated rings. The highest BCUT2D eigenvalue weighted by atomic mass is 32.2. The van der Waals surface area contributed by atoms with E-state index in [2.05, 4.69) is 17.6 Å². The van der Waals surface area contributed by atoms with Crippen LogP contribution in [0.5, 0.6) is 0 Å².